The van der Waals surface area contributed by atoms with Crippen molar-refractivity contribution in [1.29, 1.82) is 0 Å². The number of nitrogens with zero attached hydrogens (tertiary/aromatic N) is 1. The number of aliphatic imine (C=N–C) groups is 1. The molecule has 1 aromatic rings. The Morgan fingerprint density at radius 1 is 0.519 bits per heavy atom. The predicted molar refractivity (Wildman–Crippen MR) is 251 cm³/mol. The van der Waals surface area contributed by atoms with E-state index in [4.69, 9.17) is 23.3 Å². The number of benzene rings is 1. The summed E-state index contributed by atoms with van der Waals surface area (Å²) in [6, 6.07) is 9.29. The Hall–Kier alpha value is 4.79. The van der Waals surface area contributed by atoms with Crippen molar-refractivity contribution in [2.75, 3.05) is 19.8 Å². The van der Waals surface area contributed by atoms with E-state index in [2.05, 4.69) is 25.5 Å². The third-order valence-corrected chi connectivity index (χ3v) is 14.1. The van der Waals surface area contributed by atoms with Crippen LogP contribution in [-0.2, 0) is 71.3 Å². The molecule has 430 valence electrons. The van der Waals surface area contributed by atoms with E-state index < -0.39 is 105 Å². The monoisotopic (exact) mass is 1300 g/mol. The SMILES string of the molecule is CCCCCCCCCCCCCCCC(=O)OC(COC(=O)CCCCCCCCCCCN=C([O-])OCc1ccccc1)COP(=O)(O)OC1[C@H](O)[C@H](OP(=O)([O-])[O-])C(OP(=O)([O-])[O-])[C@H](OP(=O)([O-])[O-])[C@H]1O.[Na+].[Na+].[Na+].[Na+].[Na+].[Na+].[Na+]. The Kier molecular flexibility index (Phi) is 66.1. The summed E-state index contributed by atoms with van der Waals surface area (Å²) in [7, 11) is -24.9. The number of phosphoric acid groups is 4. The zero-order valence-electron chi connectivity index (χ0n) is 48.9. The van der Waals surface area contributed by atoms with Crippen LogP contribution in [0.1, 0.15) is 167 Å². The number of carbonyl (C=O) groups is 2. The van der Waals surface area contributed by atoms with Gasteiger partial charge in [0.25, 0.3) is 0 Å². The number of carbonyl (C=O) groups excluding carboxylic acids is 2. The van der Waals surface area contributed by atoms with Gasteiger partial charge in [0.2, 0.25) is 0 Å². The zero-order chi connectivity index (χ0) is 55.0. The zero-order valence-corrected chi connectivity index (χ0v) is 66.5. The van der Waals surface area contributed by atoms with Crippen LogP contribution in [0.5, 0.6) is 0 Å². The fraction of sp³-hybridized carbons (Fsp3) is 0.800. The second-order valence-corrected chi connectivity index (χ2v) is 22.7. The van der Waals surface area contributed by atoms with Gasteiger partial charge in [0.05, 0.1) is 30.1 Å². The molecule has 0 radical (unpaired) electrons. The van der Waals surface area contributed by atoms with Gasteiger partial charge < -0.3 is 91.1 Å². The number of rotatable bonds is 42. The largest absolute Gasteiger partial charge is 1.00 e. The summed E-state index contributed by atoms with van der Waals surface area (Å²) in [6.07, 6.45) is 0.835. The second kappa shape index (κ2) is 55.3. The van der Waals surface area contributed by atoms with Crippen molar-refractivity contribution in [3.05, 3.63) is 35.9 Å². The van der Waals surface area contributed by atoms with Crippen LogP contribution in [0.3, 0.4) is 0 Å². The van der Waals surface area contributed by atoms with Crippen LogP contribution >= 0.6 is 31.3 Å². The number of ether oxygens (including phenoxy) is 3. The molecule has 1 aromatic carbocycles. The fourth-order valence-electron chi connectivity index (χ4n) is 7.91. The standard InChI is InChI=1S/C45H81NO24P4.7Na/c1-2-3-4-5-6-7-8-9-10-12-16-19-25-30-38(48)66-36(33-63-37(47)29-24-18-15-13-11-14-17-20-26-31-46-45(51)64-32-35-27-22-21-23-28-35)34-65-74(61,62)70-41-39(49)42(67-71(52,53)54)44(69-73(58,59)60)43(40(41)50)68-72(55,56)57;;;;;;;/h21-23,27-28,36,39-44,49-50H,2-20,24-26,29-34H2,1H3,(H,46,51)(H,61,62)(H2,52,53,54)(H2,55,56,57)(H2,58,59,60);;;;;;;/q;7*+1/p-7/t36?,39-,40-,41?,42-,43+,44?;;;;;;;/m0......./s1. The summed E-state index contributed by atoms with van der Waals surface area (Å²) in [5.74, 6) is -1.52. The molecule has 4 unspecified atom stereocenters. The molecule has 0 amide bonds. The molecule has 1 saturated carbocycles. The maximum Gasteiger partial charge on any atom is 1.00 e. The van der Waals surface area contributed by atoms with Gasteiger partial charge in [-0.15, -0.1) is 0 Å². The summed E-state index contributed by atoms with van der Waals surface area (Å²) in [4.78, 5) is 109. The van der Waals surface area contributed by atoms with Crippen LogP contribution in [0.25, 0.3) is 0 Å². The molecule has 36 heteroatoms. The van der Waals surface area contributed by atoms with Crippen molar-refractivity contribution in [3.63, 3.8) is 0 Å². The van der Waals surface area contributed by atoms with E-state index in [0.717, 1.165) is 82.6 Å². The summed E-state index contributed by atoms with van der Waals surface area (Å²) in [5.41, 5.74) is 0.877. The Labute approximate surface area is 632 Å². The number of aliphatic hydroxyl groups excluding tert-OH is 2. The minimum atomic E-state index is -6.38. The summed E-state index contributed by atoms with van der Waals surface area (Å²) in [5, 5.41) is 33.4. The van der Waals surface area contributed by atoms with Crippen LogP contribution in [0.15, 0.2) is 35.3 Å². The first-order chi connectivity index (χ1) is 34.9. The normalized spacial score (nSPS) is 19.2. The molecule has 0 heterocycles. The number of phosphoric ester groups is 4. The molecule has 8 atom stereocenters. The van der Waals surface area contributed by atoms with Crippen LogP contribution in [-0.4, -0.2) is 95.6 Å². The summed E-state index contributed by atoms with van der Waals surface area (Å²) < 4.78 is 85.2. The molecule has 2 rings (SSSR count). The second-order valence-electron chi connectivity index (χ2n) is 18.0. The Morgan fingerprint density at radius 3 is 1.32 bits per heavy atom. The molecular formula is C45H74NNa7O24P4. The molecule has 1 fully saturated rings. The summed E-state index contributed by atoms with van der Waals surface area (Å²) in [6.45, 7) is 0.925. The third kappa shape index (κ3) is 51.0. The number of hydrogen-bond acceptors (Lipinski definition) is 24. The molecule has 0 saturated heterocycles. The van der Waals surface area contributed by atoms with Crippen molar-refractivity contribution in [2.24, 2.45) is 4.99 Å². The molecule has 25 nitrogen and oxygen atoms in total. The molecule has 0 spiro atoms. The minimum absolute atomic E-state index is 0. The van der Waals surface area contributed by atoms with E-state index in [0.29, 0.717) is 32.2 Å². The van der Waals surface area contributed by atoms with Gasteiger partial charge in [-0.25, -0.2) is 4.57 Å². The van der Waals surface area contributed by atoms with Gasteiger partial charge in [-0.1, -0.05) is 159 Å². The van der Waals surface area contributed by atoms with Gasteiger partial charge in [0.15, 0.2) is 6.10 Å². The Balaban J connectivity index is -0.00000201. The smallest absolute Gasteiger partial charge is 0.790 e. The van der Waals surface area contributed by atoms with E-state index in [1.165, 1.54) is 38.5 Å². The predicted octanol–water partition coefficient (Wildman–Crippen LogP) is -18.3. The number of esters is 2. The van der Waals surface area contributed by atoms with Gasteiger partial charge in [-0.2, -0.15) is 0 Å². The Bertz CT molecular complexity index is 1930. The Morgan fingerprint density at radius 2 is 0.901 bits per heavy atom. The van der Waals surface area contributed by atoms with Crippen molar-refractivity contribution in [1.82, 2.24) is 0 Å². The van der Waals surface area contributed by atoms with Gasteiger partial charge in [-0.05, 0) is 24.8 Å². The van der Waals surface area contributed by atoms with E-state index in [9.17, 15) is 77.4 Å². The minimum Gasteiger partial charge on any atom is -0.790 e. The van der Waals surface area contributed by atoms with Crippen LogP contribution < -0.4 is 241 Å². The topological polar surface area (TPSA) is 411 Å². The van der Waals surface area contributed by atoms with Gasteiger partial charge >= 0.3 is 227 Å². The maximum atomic E-state index is 13.2. The van der Waals surface area contributed by atoms with E-state index >= 15 is 0 Å². The van der Waals surface area contributed by atoms with E-state index in [-0.39, 0.29) is 226 Å². The van der Waals surface area contributed by atoms with Crippen molar-refractivity contribution in [2.45, 2.75) is 210 Å². The van der Waals surface area contributed by atoms with Gasteiger partial charge in [-0.3, -0.25) is 23.6 Å². The van der Waals surface area contributed by atoms with Crippen molar-refractivity contribution < 1.29 is 321 Å². The maximum absolute atomic E-state index is 13.2. The van der Waals surface area contributed by atoms with Crippen molar-refractivity contribution >= 4 is 49.3 Å². The average Bonchev–Trinajstić information content (AvgIpc) is 3.31. The molecule has 0 aromatic heterocycles. The van der Waals surface area contributed by atoms with Crippen molar-refractivity contribution in [3.8, 4) is 0 Å². The first-order valence-corrected chi connectivity index (χ1v) is 31.1. The van der Waals surface area contributed by atoms with Gasteiger partial charge in [0, 0.05) is 26.0 Å². The quantitative estimate of drug-likeness (QED) is 0.0137. The van der Waals surface area contributed by atoms with E-state index in [1.807, 2.05) is 30.3 Å². The average molecular weight is 1300 g/mol. The third-order valence-electron chi connectivity index (χ3n) is 11.6. The summed E-state index contributed by atoms with van der Waals surface area (Å²) >= 11 is 0. The first-order valence-electron chi connectivity index (χ1n) is 25.3. The van der Waals surface area contributed by atoms with E-state index in [1.54, 1.807) is 0 Å². The number of aliphatic hydroxyl groups is 2. The molecular weight excluding hydrogens is 1220 g/mol. The fourth-order valence-corrected chi connectivity index (χ4v) is 10.5. The van der Waals surface area contributed by atoms with Gasteiger partial charge in [0.1, 0.15) is 49.3 Å². The number of unbranched alkanes of at least 4 members (excludes halogenated alkanes) is 20. The molecule has 1 aliphatic carbocycles. The van der Waals surface area contributed by atoms with Crippen LogP contribution in [0, 0.1) is 0 Å². The van der Waals surface area contributed by atoms with Crippen LogP contribution in [0.2, 0.25) is 0 Å². The number of hydrogen-bond donors (Lipinski definition) is 3. The first kappa shape index (κ1) is 96.9. The molecule has 0 aliphatic heterocycles. The molecule has 81 heavy (non-hydrogen) atoms. The molecule has 3 N–H and O–H groups in total. The molecule has 0 bridgehead atoms. The molecule has 1 aliphatic rings. The van der Waals surface area contributed by atoms with Crippen LogP contribution in [0.4, 0.5) is 0 Å².